The minimum atomic E-state index is -3.55. The molecule has 0 unspecified atom stereocenters. The molecule has 6 heteroatoms. The van der Waals surface area contributed by atoms with E-state index >= 15 is 0 Å². The molecule has 0 spiro atoms. The SMILES string of the molecule is O=S(=O)(c1ccnc(Cl)c1)N(Cc1ccccc1)C1CC1. The van der Waals surface area contributed by atoms with Gasteiger partial charge in [-0.15, -0.1) is 0 Å². The number of nitrogens with zero attached hydrogens (tertiary/aromatic N) is 2. The third-order valence-corrected chi connectivity index (χ3v) is 5.54. The van der Waals surface area contributed by atoms with E-state index in [-0.39, 0.29) is 16.1 Å². The van der Waals surface area contributed by atoms with Gasteiger partial charge in [0.25, 0.3) is 0 Å². The Morgan fingerprint density at radius 3 is 2.52 bits per heavy atom. The van der Waals surface area contributed by atoms with E-state index < -0.39 is 10.0 Å². The van der Waals surface area contributed by atoms with Gasteiger partial charge in [0.2, 0.25) is 10.0 Å². The summed E-state index contributed by atoms with van der Waals surface area (Å²) in [6.45, 7) is 0.383. The lowest BCUT2D eigenvalue weighted by Gasteiger charge is -2.22. The van der Waals surface area contributed by atoms with Gasteiger partial charge in [-0.2, -0.15) is 4.31 Å². The molecule has 4 nitrogen and oxygen atoms in total. The summed E-state index contributed by atoms with van der Waals surface area (Å²) in [5, 5.41) is 0.187. The predicted molar refractivity (Wildman–Crippen MR) is 81.4 cm³/mol. The van der Waals surface area contributed by atoms with Crippen LogP contribution in [0.3, 0.4) is 0 Å². The molecule has 1 saturated carbocycles. The average Bonchev–Trinajstić information content (AvgIpc) is 3.30. The van der Waals surface area contributed by atoms with E-state index in [0.717, 1.165) is 18.4 Å². The lowest BCUT2D eigenvalue weighted by Crippen LogP contribution is -2.32. The van der Waals surface area contributed by atoms with Crippen molar-refractivity contribution >= 4 is 21.6 Å². The number of hydrogen-bond donors (Lipinski definition) is 0. The van der Waals surface area contributed by atoms with E-state index in [9.17, 15) is 8.42 Å². The van der Waals surface area contributed by atoms with E-state index in [1.165, 1.54) is 18.3 Å². The molecule has 0 atom stereocenters. The molecule has 2 aromatic rings. The third-order valence-electron chi connectivity index (χ3n) is 3.44. The van der Waals surface area contributed by atoms with Crippen LogP contribution in [0.4, 0.5) is 0 Å². The summed E-state index contributed by atoms with van der Waals surface area (Å²) >= 11 is 5.82. The monoisotopic (exact) mass is 322 g/mol. The molecule has 0 aliphatic heterocycles. The molecule has 1 aromatic carbocycles. The van der Waals surface area contributed by atoms with Crippen molar-refractivity contribution < 1.29 is 8.42 Å². The summed E-state index contributed by atoms with van der Waals surface area (Å²) < 4.78 is 27.2. The second kappa shape index (κ2) is 5.75. The molecular formula is C15H15ClN2O2S. The maximum absolute atomic E-state index is 12.8. The van der Waals surface area contributed by atoms with Crippen LogP contribution in [0.15, 0.2) is 53.6 Å². The lowest BCUT2D eigenvalue weighted by atomic mass is 10.2. The van der Waals surface area contributed by atoms with Gasteiger partial charge in [0.1, 0.15) is 5.15 Å². The number of aromatic nitrogens is 1. The van der Waals surface area contributed by atoms with Crippen molar-refractivity contribution in [1.82, 2.24) is 9.29 Å². The Balaban J connectivity index is 1.93. The highest BCUT2D eigenvalue weighted by atomic mass is 35.5. The highest BCUT2D eigenvalue weighted by Crippen LogP contribution is 2.33. The largest absolute Gasteiger partial charge is 0.244 e. The Kier molecular flexibility index (Phi) is 3.97. The Morgan fingerprint density at radius 2 is 1.90 bits per heavy atom. The molecule has 1 heterocycles. The first-order chi connectivity index (χ1) is 10.1. The second-order valence-electron chi connectivity index (χ2n) is 5.08. The molecule has 3 rings (SSSR count). The second-order valence-corrected chi connectivity index (χ2v) is 7.36. The number of pyridine rings is 1. The van der Waals surface area contributed by atoms with Crippen LogP contribution in [0.1, 0.15) is 18.4 Å². The quantitative estimate of drug-likeness (QED) is 0.795. The highest BCUT2D eigenvalue weighted by molar-refractivity contribution is 7.89. The zero-order valence-electron chi connectivity index (χ0n) is 11.3. The Hall–Kier alpha value is -1.43. The first-order valence-corrected chi connectivity index (χ1v) is 8.56. The van der Waals surface area contributed by atoms with Crippen molar-refractivity contribution in [2.75, 3.05) is 0 Å². The summed E-state index contributed by atoms with van der Waals surface area (Å²) in [6, 6.07) is 12.6. The van der Waals surface area contributed by atoms with Crippen molar-refractivity contribution in [3.63, 3.8) is 0 Å². The first kappa shape index (κ1) is 14.5. The van der Waals surface area contributed by atoms with Crippen LogP contribution in [-0.4, -0.2) is 23.7 Å². The number of halogens is 1. The molecule has 110 valence electrons. The van der Waals surface area contributed by atoms with Gasteiger partial charge < -0.3 is 0 Å². The average molecular weight is 323 g/mol. The third kappa shape index (κ3) is 3.26. The molecule has 0 bridgehead atoms. The normalized spacial score (nSPS) is 15.3. The van der Waals surface area contributed by atoms with E-state index in [1.807, 2.05) is 30.3 Å². The number of rotatable bonds is 5. The standard InChI is InChI=1S/C15H15ClN2O2S/c16-15-10-14(8-9-17-15)21(19,20)18(13-6-7-13)11-12-4-2-1-3-5-12/h1-5,8-10,13H,6-7,11H2. The minimum absolute atomic E-state index is 0.0853. The fourth-order valence-electron chi connectivity index (χ4n) is 2.22. The van der Waals surface area contributed by atoms with Crippen molar-refractivity contribution in [3.05, 3.63) is 59.4 Å². The van der Waals surface area contributed by atoms with E-state index in [2.05, 4.69) is 4.98 Å². The van der Waals surface area contributed by atoms with Gasteiger partial charge in [-0.3, -0.25) is 0 Å². The summed E-state index contributed by atoms with van der Waals surface area (Å²) in [6.07, 6.45) is 3.23. The lowest BCUT2D eigenvalue weighted by molar-refractivity contribution is 0.398. The number of hydrogen-bond acceptors (Lipinski definition) is 3. The molecule has 0 radical (unpaired) electrons. The Morgan fingerprint density at radius 1 is 1.19 bits per heavy atom. The van der Waals surface area contributed by atoms with Crippen LogP contribution < -0.4 is 0 Å². The topological polar surface area (TPSA) is 50.3 Å². The highest BCUT2D eigenvalue weighted by Gasteiger charge is 2.38. The van der Waals surface area contributed by atoms with Crippen molar-refractivity contribution in [2.45, 2.75) is 30.3 Å². The maximum Gasteiger partial charge on any atom is 0.243 e. The fourth-order valence-corrected chi connectivity index (χ4v) is 4.14. The predicted octanol–water partition coefficient (Wildman–Crippen LogP) is 3.09. The van der Waals surface area contributed by atoms with Crippen LogP contribution in [0.25, 0.3) is 0 Å². The molecule has 21 heavy (non-hydrogen) atoms. The number of sulfonamides is 1. The molecule has 0 amide bonds. The molecule has 0 N–H and O–H groups in total. The Labute approximate surface area is 129 Å². The smallest absolute Gasteiger partial charge is 0.243 e. The summed E-state index contributed by atoms with van der Waals surface area (Å²) in [5.41, 5.74) is 0.980. The van der Waals surface area contributed by atoms with Crippen molar-refractivity contribution in [1.29, 1.82) is 0 Å². The zero-order chi connectivity index (χ0) is 14.9. The molecule has 1 aliphatic carbocycles. The van der Waals surface area contributed by atoms with Gasteiger partial charge in [-0.25, -0.2) is 13.4 Å². The van der Waals surface area contributed by atoms with Gasteiger partial charge in [0.15, 0.2) is 0 Å². The van der Waals surface area contributed by atoms with Gasteiger partial charge in [-0.1, -0.05) is 41.9 Å². The molecule has 1 aliphatic rings. The van der Waals surface area contributed by atoms with Crippen molar-refractivity contribution in [3.8, 4) is 0 Å². The van der Waals surface area contributed by atoms with E-state index in [0.29, 0.717) is 6.54 Å². The summed E-state index contributed by atoms with van der Waals surface area (Å²) in [7, 11) is -3.55. The molecule has 1 aromatic heterocycles. The molecular weight excluding hydrogens is 308 g/mol. The summed E-state index contributed by atoms with van der Waals surface area (Å²) in [5.74, 6) is 0. The van der Waals surface area contributed by atoms with E-state index in [4.69, 9.17) is 11.6 Å². The zero-order valence-corrected chi connectivity index (χ0v) is 12.9. The van der Waals surface area contributed by atoms with Crippen LogP contribution in [0.2, 0.25) is 5.15 Å². The number of benzene rings is 1. The van der Waals surface area contributed by atoms with Crippen molar-refractivity contribution in [2.24, 2.45) is 0 Å². The van der Waals surface area contributed by atoms with Gasteiger partial charge in [0.05, 0.1) is 4.90 Å². The maximum atomic E-state index is 12.8. The van der Waals surface area contributed by atoms with Crippen LogP contribution in [0, 0.1) is 0 Å². The van der Waals surface area contributed by atoms with Gasteiger partial charge in [0, 0.05) is 18.8 Å². The van der Waals surface area contributed by atoms with Gasteiger partial charge in [-0.05, 0) is 30.5 Å². The fraction of sp³-hybridized carbons (Fsp3) is 0.267. The Bertz CT molecular complexity index is 730. The van der Waals surface area contributed by atoms with Gasteiger partial charge >= 0.3 is 0 Å². The first-order valence-electron chi connectivity index (χ1n) is 6.75. The van der Waals surface area contributed by atoms with Crippen LogP contribution >= 0.6 is 11.6 Å². The van der Waals surface area contributed by atoms with Crippen LogP contribution in [-0.2, 0) is 16.6 Å². The van der Waals surface area contributed by atoms with Crippen LogP contribution in [0.5, 0.6) is 0 Å². The minimum Gasteiger partial charge on any atom is -0.244 e. The molecule has 0 saturated heterocycles. The summed E-state index contributed by atoms with van der Waals surface area (Å²) in [4.78, 5) is 4.04. The molecule has 1 fully saturated rings. The van der Waals surface area contributed by atoms with E-state index in [1.54, 1.807) is 4.31 Å².